The van der Waals surface area contributed by atoms with Crippen LogP contribution >= 0.6 is 0 Å². The summed E-state index contributed by atoms with van der Waals surface area (Å²) in [6.45, 7) is 2.13. The summed E-state index contributed by atoms with van der Waals surface area (Å²) in [4.78, 5) is 11.4. The second-order valence-corrected chi connectivity index (χ2v) is 4.61. The molecule has 3 heteroatoms. The van der Waals surface area contributed by atoms with Gasteiger partial charge in [0.15, 0.2) is 0 Å². The molecule has 1 rings (SSSR count). The maximum Gasteiger partial charge on any atom is 0.142 e. The van der Waals surface area contributed by atoms with Crippen LogP contribution in [-0.2, 0) is 4.79 Å². The monoisotopic (exact) mass is 226 g/mol. The molecule has 0 saturated heterocycles. The van der Waals surface area contributed by atoms with Gasteiger partial charge in [0.2, 0.25) is 0 Å². The van der Waals surface area contributed by atoms with Crippen molar-refractivity contribution in [2.24, 2.45) is 5.92 Å². The van der Waals surface area contributed by atoms with E-state index in [-0.39, 0.29) is 18.1 Å². The van der Waals surface area contributed by atoms with E-state index in [1.54, 1.807) is 12.2 Å². The smallest absolute Gasteiger partial charge is 0.142 e. The number of aliphatic hydroxyl groups excluding tert-OH is 2. The van der Waals surface area contributed by atoms with Gasteiger partial charge in [-0.1, -0.05) is 38.3 Å². The molecule has 3 nitrogen and oxygen atoms in total. The summed E-state index contributed by atoms with van der Waals surface area (Å²) in [5.41, 5.74) is 0. The van der Waals surface area contributed by atoms with E-state index >= 15 is 0 Å². The number of ketones is 1. The highest BCUT2D eigenvalue weighted by atomic mass is 16.3. The Morgan fingerprint density at radius 2 is 2.25 bits per heavy atom. The van der Waals surface area contributed by atoms with Gasteiger partial charge in [0.05, 0.1) is 12.2 Å². The van der Waals surface area contributed by atoms with Crippen molar-refractivity contribution in [2.75, 3.05) is 0 Å². The van der Waals surface area contributed by atoms with E-state index in [1.807, 2.05) is 0 Å². The second-order valence-electron chi connectivity index (χ2n) is 4.61. The normalized spacial score (nSPS) is 27.8. The number of allylic oxidation sites excluding steroid dienone is 1. The lowest BCUT2D eigenvalue weighted by atomic mass is 10.0. The summed E-state index contributed by atoms with van der Waals surface area (Å²) >= 11 is 0. The molecule has 0 heterocycles. The highest BCUT2D eigenvalue weighted by molar-refractivity contribution is 5.85. The van der Waals surface area contributed by atoms with Crippen molar-refractivity contribution in [1.82, 2.24) is 0 Å². The van der Waals surface area contributed by atoms with Crippen LogP contribution in [0.3, 0.4) is 0 Å². The molecule has 3 atom stereocenters. The molecule has 92 valence electrons. The highest BCUT2D eigenvalue weighted by Gasteiger charge is 2.29. The quantitative estimate of drug-likeness (QED) is 0.536. The SMILES string of the molecule is CCCCCC(O)/C=C/[C@@H]1CC(O)CC1=O. The molecule has 2 unspecified atom stereocenters. The predicted molar refractivity (Wildman–Crippen MR) is 63.0 cm³/mol. The van der Waals surface area contributed by atoms with E-state index in [9.17, 15) is 15.0 Å². The van der Waals surface area contributed by atoms with Gasteiger partial charge in [-0.3, -0.25) is 4.79 Å². The molecular weight excluding hydrogens is 204 g/mol. The molecule has 16 heavy (non-hydrogen) atoms. The van der Waals surface area contributed by atoms with Crippen molar-refractivity contribution in [2.45, 2.75) is 57.7 Å². The molecule has 0 bridgehead atoms. The summed E-state index contributed by atoms with van der Waals surface area (Å²) in [5.74, 6) is -0.0969. The Kier molecular flexibility index (Phi) is 5.71. The number of rotatable bonds is 6. The maximum absolute atomic E-state index is 11.4. The zero-order valence-electron chi connectivity index (χ0n) is 9.93. The molecule has 0 amide bonds. The first-order valence-electron chi connectivity index (χ1n) is 6.20. The van der Waals surface area contributed by atoms with E-state index < -0.39 is 12.2 Å². The average molecular weight is 226 g/mol. The van der Waals surface area contributed by atoms with Gasteiger partial charge in [0.25, 0.3) is 0 Å². The number of hydrogen-bond donors (Lipinski definition) is 2. The number of hydrogen-bond acceptors (Lipinski definition) is 3. The lowest BCUT2D eigenvalue weighted by Crippen LogP contribution is -2.06. The maximum atomic E-state index is 11.4. The van der Waals surface area contributed by atoms with Crippen LogP contribution in [0, 0.1) is 5.92 Å². The zero-order valence-corrected chi connectivity index (χ0v) is 9.93. The molecule has 1 saturated carbocycles. The molecular formula is C13H22O3. The minimum absolute atomic E-state index is 0.0875. The summed E-state index contributed by atoms with van der Waals surface area (Å²) in [7, 11) is 0. The molecule has 1 aliphatic carbocycles. The highest BCUT2D eigenvalue weighted by Crippen LogP contribution is 2.23. The van der Waals surface area contributed by atoms with E-state index in [1.165, 1.54) is 0 Å². The Bertz CT molecular complexity index is 248. The van der Waals surface area contributed by atoms with Crippen LogP contribution in [0.2, 0.25) is 0 Å². The second kappa shape index (κ2) is 6.81. The van der Waals surface area contributed by atoms with Gasteiger partial charge in [0.1, 0.15) is 5.78 Å². The Morgan fingerprint density at radius 1 is 1.50 bits per heavy atom. The van der Waals surface area contributed by atoms with Crippen molar-refractivity contribution in [3.05, 3.63) is 12.2 Å². The van der Waals surface area contributed by atoms with E-state index in [0.29, 0.717) is 6.42 Å². The fraction of sp³-hybridized carbons (Fsp3) is 0.769. The molecule has 0 aromatic rings. The lowest BCUT2D eigenvalue weighted by Gasteiger charge is -2.06. The Labute approximate surface area is 97.2 Å². The third kappa shape index (κ3) is 4.45. The van der Waals surface area contributed by atoms with Crippen molar-refractivity contribution in [3.63, 3.8) is 0 Å². The average Bonchev–Trinajstić information content (AvgIpc) is 2.55. The van der Waals surface area contributed by atoms with Gasteiger partial charge in [-0.25, -0.2) is 0 Å². The number of aliphatic hydroxyl groups is 2. The number of carbonyl (C=O) groups excluding carboxylic acids is 1. The number of Topliss-reactive ketones (excluding diaryl/α,β-unsaturated/α-hetero) is 1. The number of unbranched alkanes of at least 4 members (excludes halogenated alkanes) is 2. The molecule has 2 N–H and O–H groups in total. The topological polar surface area (TPSA) is 57.5 Å². The molecule has 0 aliphatic heterocycles. The number of carbonyl (C=O) groups is 1. The molecule has 0 spiro atoms. The summed E-state index contributed by atoms with van der Waals surface area (Å²) in [6.07, 6.45) is 7.35. The Balaban J connectivity index is 2.27. The summed E-state index contributed by atoms with van der Waals surface area (Å²) in [5, 5.41) is 18.9. The van der Waals surface area contributed by atoms with Crippen LogP contribution in [0.15, 0.2) is 12.2 Å². The molecule has 0 aromatic carbocycles. The Morgan fingerprint density at radius 3 is 2.81 bits per heavy atom. The first-order chi connectivity index (χ1) is 7.63. The van der Waals surface area contributed by atoms with Crippen LogP contribution < -0.4 is 0 Å². The minimum Gasteiger partial charge on any atom is -0.393 e. The molecule has 0 aromatic heterocycles. The third-order valence-electron chi connectivity index (χ3n) is 3.05. The predicted octanol–water partition coefficient (Wildman–Crippen LogP) is 1.82. The van der Waals surface area contributed by atoms with E-state index in [2.05, 4.69) is 6.92 Å². The fourth-order valence-electron chi connectivity index (χ4n) is 2.04. The standard InChI is InChI=1S/C13H22O3/c1-2-3-4-5-11(14)7-6-10-8-12(15)9-13(10)16/h6-7,10-12,14-15H,2-5,8-9H2,1H3/b7-6+/t10-,11?,12?/m1/s1. The van der Waals surface area contributed by atoms with Crippen molar-refractivity contribution < 1.29 is 15.0 Å². The largest absolute Gasteiger partial charge is 0.393 e. The van der Waals surface area contributed by atoms with Crippen LogP contribution in [0.25, 0.3) is 0 Å². The van der Waals surface area contributed by atoms with Crippen molar-refractivity contribution in [1.29, 1.82) is 0 Å². The van der Waals surface area contributed by atoms with E-state index in [0.717, 1.165) is 25.7 Å². The minimum atomic E-state index is -0.487. The molecule has 0 radical (unpaired) electrons. The fourth-order valence-corrected chi connectivity index (χ4v) is 2.04. The van der Waals surface area contributed by atoms with Gasteiger partial charge in [-0.05, 0) is 12.8 Å². The van der Waals surface area contributed by atoms with Crippen LogP contribution in [-0.4, -0.2) is 28.2 Å². The lowest BCUT2D eigenvalue weighted by molar-refractivity contribution is -0.119. The van der Waals surface area contributed by atoms with Gasteiger partial charge in [-0.2, -0.15) is 0 Å². The van der Waals surface area contributed by atoms with Crippen molar-refractivity contribution >= 4 is 5.78 Å². The summed E-state index contributed by atoms with van der Waals surface area (Å²) in [6, 6.07) is 0. The van der Waals surface area contributed by atoms with Crippen LogP contribution in [0.5, 0.6) is 0 Å². The third-order valence-corrected chi connectivity index (χ3v) is 3.05. The Hall–Kier alpha value is -0.670. The molecule has 1 fully saturated rings. The zero-order chi connectivity index (χ0) is 12.0. The first-order valence-corrected chi connectivity index (χ1v) is 6.20. The van der Waals surface area contributed by atoms with Crippen molar-refractivity contribution in [3.8, 4) is 0 Å². The van der Waals surface area contributed by atoms with Gasteiger partial charge >= 0.3 is 0 Å². The van der Waals surface area contributed by atoms with Gasteiger partial charge in [-0.15, -0.1) is 0 Å². The van der Waals surface area contributed by atoms with Gasteiger partial charge < -0.3 is 10.2 Å². The van der Waals surface area contributed by atoms with E-state index in [4.69, 9.17) is 0 Å². The molecule has 1 aliphatic rings. The summed E-state index contributed by atoms with van der Waals surface area (Å²) < 4.78 is 0. The van der Waals surface area contributed by atoms with Gasteiger partial charge in [0, 0.05) is 12.3 Å². The van der Waals surface area contributed by atoms with Crippen LogP contribution in [0.4, 0.5) is 0 Å². The van der Waals surface area contributed by atoms with Crippen LogP contribution in [0.1, 0.15) is 45.4 Å². The first kappa shape index (κ1) is 13.4.